The van der Waals surface area contributed by atoms with Gasteiger partial charge in [-0.3, -0.25) is 0 Å². The van der Waals surface area contributed by atoms with Gasteiger partial charge in [-0.2, -0.15) is 0 Å². The van der Waals surface area contributed by atoms with E-state index in [9.17, 15) is 0 Å². The first-order chi connectivity index (χ1) is 8.16. The number of nitrogens with one attached hydrogen (secondary N) is 1. The molecular formula is C12H9Br2ClN2. The molecule has 1 N–H and O–H groups in total. The predicted octanol–water partition coefficient (Wildman–Crippen LogP) is 4.87. The summed E-state index contributed by atoms with van der Waals surface area (Å²) in [6.07, 6.45) is 1.67. The minimum absolute atomic E-state index is 0.490. The molecule has 0 fully saturated rings. The Hall–Kier alpha value is -0.580. The van der Waals surface area contributed by atoms with Crippen LogP contribution in [0.2, 0.25) is 5.15 Å². The first-order valence-corrected chi connectivity index (χ1v) is 6.91. The topological polar surface area (TPSA) is 24.9 Å². The molecule has 0 spiro atoms. The van der Waals surface area contributed by atoms with Gasteiger partial charge in [0.05, 0.1) is 5.69 Å². The second-order valence-electron chi connectivity index (χ2n) is 3.44. The summed E-state index contributed by atoms with van der Waals surface area (Å²) in [7, 11) is 0. The van der Waals surface area contributed by atoms with Crippen LogP contribution < -0.4 is 5.32 Å². The fourth-order valence-electron chi connectivity index (χ4n) is 1.36. The van der Waals surface area contributed by atoms with Gasteiger partial charge in [0.2, 0.25) is 0 Å². The number of anilines is 1. The van der Waals surface area contributed by atoms with Crippen molar-refractivity contribution in [2.45, 2.75) is 6.54 Å². The smallest absolute Gasteiger partial charge is 0.152 e. The highest BCUT2D eigenvalue weighted by Gasteiger charge is 2.01. The molecule has 0 atom stereocenters. The highest BCUT2D eigenvalue weighted by Crippen LogP contribution is 2.24. The fourth-order valence-corrected chi connectivity index (χ4v) is 2.22. The van der Waals surface area contributed by atoms with Gasteiger partial charge in [0.1, 0.15) is 0 Å². The lowest BCUT2D eigenvalue weighted by Gasteiger charge is -2.08. The van der Waals surface area contributed by atoms with Gasteiger partial charge in [-0.05, 0) is 61.7 Å². The summed E-state index contributed by atoms with van der Waals surface area (Å²) in [4.78, 5) is 4.01. The van der Waals surface area contributed by atoms with Crippen LogP contribution in [0.3, 0.4) is 0 Å². The Kier molecular flexibility index (Phi) is 4.42. The third-order valence-corrected chi connectivity index (χ3v) is 4.41. The average molecular weight is 376 g/mol. The number of nitrogens with zero attached hydrogens (tertiary/aromatic N) is 1. The monoisotopic (exact) mass is 374 g/mol. The first kappa shape index (κ1) is 12.9. The second kappa shape index (κ2) is 5.85. The Bertz CT molecular complexity index is 532. The van der Waals surface area contributed by atoms with Crippen LogP contribution in [-0.2, 0) is 6.54 Å². The van der Waals surface area contributed by atoms with Crippen molar-refractivity contribution in [3.05, 3.63) is 56.2 Å². The maximum Gasteiger partial charge on any atom is 0.152 e. The van der Waals surface area contributed by atoms with Crippen molar-refractivity contribution in [1.82, 2.24) is 4.98 Å². The number of rotatable bonds is 3. The van der Waals surface area contributed by atoms with Crippen molar-refractivity contribution >= 4 is 49.1 Å². The fraction of sp³-hybridized carbons (Fsp3) is 0.0833. The van der Waals surface area contributed by atoms with Gasteiger partial charge < -0.3 is 5.32 Å². The van der Waals surface area contributed by atoms with E-state index < -0.39 is 0 Å². The van der Waals surface area contributed by atoms with Gasteiger partial charge >= 0.3 is 0 Å². The van der Waals surface area contributed by atoms with Crippen molar-refractivity contribution in [3.63, 3.8) is 0 Å². The standard InChI is InChI=1S/C12H9Br2ClN2/c13-9-4-3-8(6-10(9)14)7-17-11-2-1-5-16-12(11)15/h1-6,17H,7H2. The molecule has 0 saturated carbocycles. The van der Waals surface area contributed by atoms with Crippen LogP contribution in [-0.4, -0.2) is 4.98 Å². The lowest BCUT2D eigenvalue weighted by atomic mass is 10.2. The molecule has 2 rings (SSSR count). The van der Waals surface area contributed by atoms with E-state index in [1.807, 2.05) is 24.3 Å². The van der Waals surface area contributed by atoms with Gasteiger partial charge in [0, 0.05) is 21.7 Å². The lowest BCUT2D eigenvalue weighted by molar-refractivity contribution is 1.13. The number of halogens is 3. The average Bonchev–Trinajstić information content (AvgIpc) is 2.32. The van der Waals surface area contributed by atoms with Crippen molar-refractivity contribution in [1.29, 1.82) is 0 Å². The highest BCUT2D eigenvalue weighted by atomic mass is 79.9. The molecule has 0 amide bonds. The molecule has 0 unspecified atom stereocenters. The minimum atomic E-state index is 0.490. The van der Waals surface area contributed by atoms with E-state index in [0.717, 1.165) is 14.6 Å². The van der Waals surface area contributed by atoms with Gasteiger partial charge in [0.15, 0.2) is 5.15 Å². The third kappa shape index (κ3) is 3.44. The summed E-state index contributed by atoms with van der Waals surface area (Å²) in [5.74, 6) is 0. The number of aromatic nitrogens is 1. The van der Waals surface area contributed by atoms with Crippen LogP contribution in [0.15, 0.2) is 45.5 Å². The van der Waals surface area contributed by atoms with Crippen LogP contribution in [0.5, 0.6) is 0 Å². The zero-order valence-corrected chi connectivity index (χ0v) is 12.7. The quantitative estimate of drug-likeness (QED) is 0.773. The van der Waals surface area contributed by atoms with E-state index in [4.69, 9.17) is 11.6 Å². The van der Waals surface area contributed by atoms with Gasteiger partial charge in [-0.1, -0.05) is 17.7 Å². The molecule has 2 aromatic rings. The Morgan fingerprint density at radius 3 is 2.71 bits per heavy atom. The summed E-state index contributed by atoms with van der Waals surface area (Å²) < 4.78 is 2.08. The summed E-state index contributed by atoms with van der Waals surface area (Å²) in [5.41, 5.74) is 2.01. The maximum atomic E-state index is 5.96. The van der Waals surface area contributed by atoms with E-state index in [0.29, 0.717) is 11.7 Å². The summed E-state index contributed by atoms with van der Waals surface area (Å²) in [6.45, 7) is 0.706. The number of pyridine rings is 1. The van der Waals surface area contributed by atoms with Crippen LogP contribution in [0.25, 0.3) is 0 Å². The van der Waals surface area contributed by atoms with Gasteiger partial charge in [0.25, 0.3) is 0 Å². The molecule has 0 radical (unpaired) electrons. The Balaban J connectivity index is 2.08. The predicted molar refractivity (Wildman–Crippen MR) is 78.4 cm³/mol. The molecule has 17 heavy (non-hydrogen) atoms. The third-order valence-electron chi connectivity index (χ3n) is 2.23. The van der Waals surface area contributed by atoms with Gasteiger partial charge in [-0.25, -0.2) is 4.98 Å². The Morgan fingerprint density at radius 1 is 1.18 bits per heavy atom. The molecule has 2 nitrogen and oxygen atoms in total. The SMILES string of the molecule is Clc1ncccc1NCc1ccc(Br)c(Br)c1. The molecule has 0 bridgehead atoms. The normalized spacial score (nSPS) is 10.3. The van der Waals surface area contributed by atoms with E-state index >= 15 is 0 Å². The first-order valence-electron chi connectivity index (χ1n) is 4.95. The molecule has 0 aliphatic rings. The van der Waals surface area contributed by atoms with Crippen molar-refractivity contribution in [2.75, 3.05) is 5.32 Å². The number of hydrogen-bond donors (Lipinski definition) is 1. The molecule has 0 saturated heterocycles. The van der Waals surface area contributed by atoms with E-state index in [2.05, 4.69) is 48.2 Å². The lowest BCUT2D eigenvalue weighted by Crippen LogP contribution is -2.00. The second-order valence-corrected chi connectivity index (χ2v) is 5.51. The molecule has 5 heteroatoms. The van der Waals surface area contributed by atoms with Crippen molar-refractivity contribution in [2.24, 2.45) is 0 Å². The van der Waals surface area contributed by atoms with Gasteiger partial charge in [-0.15, -0.1) is 0 Å². The molecule has 1 aromatic carbocycles. The molecular weight excluding hydrogens is 367 g/mol. The van der Waals surface area contributed by atoms with Crippen LogP contribution in [0.1, 0.15) is 5.56 Å². The van der Waals surface area contributed by atoms with E-state index in [-0.39, 0.29) is 0 Å². The van der Waals surface area contributed by atoms with Crippen LogP contribution in [0.4, 0.5) is 5.69 Å². The molecule has 0 aliphatic heterocycles. The summed E-state index contributed by atoms with van der Waals surface area (Å²) in [6, 6.07) is 9.87. The zero-order chi connectivity index (χ0) is 12.3. The van der Waals surface area contributed by atoms with E-state index in [1.165, 1.54) is 5.56 Å². The summed E-state index contributed by atoms with van der Waals surface area (Å²) in [5, 5.41) is 3.73. The maximum absolute atomic E-state index is 5.96. The Morgan fingerprint density at radius 2 is 2.00 bits per heavy atom. The molecule has 88 valence electrons. The van der Waals surface area contributed by atoms with Crippen molar-refractivity contribution < 1.29 is 0 Å². The molecule has 1 aromatic heterocycles. The van der Waals surface area contributed by atoms with E-state index in [1.54, 1.807) is 6.20 Å². The number of hydrogen-bond acceptors (Lipinski definition) is 2. The van der Waals surface area contributed by atoms with Crippen LogP contribution in [0, 0.1) is 0 Å². The largest absolute Gasteiger partial charge is 0.378 e. The number of benzene rings is 1. The minimum Gasteiger partial charge on any atom is -0.378 e. The zero-order valence-electron chi connectivity index (χ0n) is 8.75. The van der Waals surface area contributed by atoms with Crippen LogP contribution >= 0.6 is 43.5 Å². The highest BCUT2D eigenvalue weighted by molar-refractivity contribution is 9.13. The summed E-state index contributed by atoms with van der Waals surface area (Å²) >= 11 is 12.9. The van der Waals surface area contributed by atoms with Crippen molar-refractivity contribution in [3.8, 4) is 0 Å². The Labute approximate surface area is 122 Å². The molecule has 0 aliphatic carbocycles. The molecule has 1 heterocycles.